The van der Waals surface area contributed by atoms with Gasteiger partial charge in [0.25, 0.3) is 0 Å². The minimum Gasteiger partial charge on any atom is -0.480 e. The van der Waals surface area contributed by atoms with Gasteiger partial charge in [0.05, 0.1) is 6.61 Å². The highest BCUT2D eigenvalue weighted by Crippen LogP contribution is 2.34. The van der Waals surface area contributed by atoms with Gasteiger partial charge in [0.2, 0.25) is 0 Å². The van der Waals surface area contributed by atoms with Crippen LogP contribution in [0.3, 0.4) is 0 Å². The summed E-state index contributed by atoms with van der Waals surface area (Å²) in [6.45, 7) is 2.33. The van der Waals surface area contributed by atoms with Crippen LogP contribution in [0.1, 0.15) is 32.6 Å². The van der Waals surface area contributed by atoms with E-state index in [1.807, 2.05) is 0 Å². The van der Waals surface area contributed by atoms with Gasteiger partial charge in [-0.1, -0.05) is 6.92 Å². The van der Waals surface area contributed by atoms with Crippen LogP contribution in [0, 0.1) is 0 Å². The third-order valence-electron chi connectivity index (χ3n) is 3.10. The predicted molar refractivity (Wildman–Crippen MR) is 53.3 cm³/mol. The summed E-state index contributed by atoms with van der Waals surface area (Å²) in [6, 6.07) is -0.569. The molecule has 0 spiro atoms. The lowest BCUT2D eigenvalue weighted by molar-refractivity contribution is -0.142. The highest BCUT2D eigenvalue weighted by atomic mass is 16.5. The first-order valence-corrected chi connectivity index (χ1v) is 5.13. The van der Waals surface area contributed by atoms with E-state index in [0.29, 0.717) is 0 Å². The summed E-state index contributed by atoms with van der Waals surface area (Å²) in [7, 11) is 1.52. The lowest BCUT2D eigenvalue weighted by Gasteiger charge is -2.43. The largest absolute Gasteiger partial charge is 0.480 e. The lowest BCUT2D eigenvalue weighted by atomic mass is 9.74. The molecule has 2 N–H and O–H groups in total. The van der Waals surface area contributed by atoms with Crippen LogP contribution in [-0.2, 0) is 9.53 Å². The van der Waals surface area contributed by atoms with Crippen LogP contribution in [0.2, 0.25) is 0 Å². The van der Waals surface area contributed by atoms with E-state index in [9.17, 15) is 4.79 Å². The Balaban J connectivity index is 2.49. The van der Waals surface area contributed by atoms with Crippen molar-refractivity contribution < 1.29 is 14.6 Å². The van der Waals surface area contributed by atoms with E-state index in [4.69, 9.17) is 9.84 Å². The Hall–Kier alpha value is -0.610. The fourth-order valence-electron chi connectivity index (χ4n) is 1.91. The van der Waals surface area contributed by atoms with Crippen molar-refractivity contribution >= 4 is 5.97 Å². The smallest absolute Gasteiger partial charge is 0.323 e. The number of carboxylic acids is 1. The van der Waals surface area contributed by atoms with E-state index < -0.39 is 12.0 Å². The Morgan fingerprint density at radius 1 is 1.64 bits per heavy atom. The first-order valence-electron chi connectivity index (χ1n) is 5.13. The van der Waals surface area contributed by atoms with Gasteiger partial charge in [0, 0.05) is 12.6 Å². The highest BCUT2D eigenvalue weighted by molar-refractivity contribution is 5.73. The third-order valence-corrected chi connectivity index (χ3v) is 3.10. The Morgan fingerprint density at radius 2 is 2.29 bits per heavy atom. The number of hydrogen-bond acceptors (Lipinski definition) is 3. The average molecular weight is 201 g/mol. The lowest BCUT2D eigenvalue weighted by Crippen LogP contribution is -2.58. The molecule has 4 heteroatoms. The van der Waals surface area contributed by atoms with Crippen molar-refractivity contribution in [1.82, 2.24) is 5.32 Å². The Morgan fingerprint density at radius 3 is 2.57 bits per heavy atom. The van der Waals surface area contributed by atoms with Crippen LogP contribution in [-0.4, -0.2) is 36.4 Å². The molecule has 0 aliphatic heterocycles. The molecule has 14 heavy (non-hydrogen) atoms. The molecule has 82 valence electrons. The van der Waals surface area contributed by atoms with E-state index in [1.54, 1.807) is 0 Å². The van der Waals surface area contributed by atoms with E-state index >= 15 is 0 Å². The van der Waals surface area contributed by atoms with Crippen molar-refractivity contribution in [3.63, 3.8) is 0 Å². The quantitative estimate of drug-likeness (QED) is 0.673. The Labute approximate surface area is 84.6 Å². The van der Waals surface area contributed by atoms with Crippen molar-refractivity contribution in [1.29, 1.82) is 0 Å². The van der Waals surface area contributed by atoms with Crippen LogP contribution in [0.4, 0.5) is 0 Å². The molecule has 0 radical (unpaired) electrons. The number of rotatable bonds is 6. The van der Waals surface area contributed by atoms with Crippen molar-refractivity contribution in [2.75, 3.05) is 13.7 Å². The molecule has 1 atom stereocenters. The summed E-state index contributed by atoms with van der Waals surface area (Å²) in [4.78, 5) is 10.9. The van der Waals surface area contributed by atoms with E-state index in [2.05, 4.69) is 12.2 Å². The first kappa shape index (κ1) is 11.5. The van der Waals surface area contributed by atoms with Gasteiger partial charge in [-0.05, 0) is 25.7 Å². The molecule has 0 saturated heterocycles. The van der Waals surface area contributed by atoms with Gasteiger partial charge >= 0.3 is 5.97 Å². The maximum atomic E-state index is 10.9. The number of carboxylic acid groups (broad SMARTS) is 1. The van der Waals surface area contributed by atoms with Crippen LogP contribution in [0.5, 0.6) is 0 Å². The van der Waals surface area contributed by atoms with Gasteiger partial charge < -0.3 is 9.84 Å². The molecule has 0 heterocycles. The van der Waals surface area contributed by atoms with E-state index in [1.165, 1.54) is 13.5 Å². The van der Waals surface area contributed by atoms with E-state index in [0.717, 1.165) is 19.3 Å². The normalized spacial score (nSPS) is 21.3. The summed E-state index contributed by atoms with van der Waals surface area (Å²) in [6.07, 6.45) is 4.34. The molecule has 1 fully saturated rings. The number of hydrogen-bond donors (Lipinski definition) is 2. The van der Waals surface area contributed by atoms with Gasteiger partial charge in [-0.25, -0.2) is 0 Å². The Bertz CT molecular complexity index is 196. The molecule has 0 aromatic rings. The van der Waals surface area contributed by atoms with Crippen LogP contribution in [0.25, 0.3) is 0 Å². The maximum Gasteiger partial charge on any atom is 0.323 e. The minimum absolute atomic E-state index is 0.0571. The zero-order valence-corrected chi connectivity index (χ0v) is 8.88. The molecule has 1 aliphatic carbocycles. The van der Waals surface area contributed by atoms with E-state index in [-0.39, 0.29) is 12.1 Å². The zero-order chi connectivity index (χ0) is 10.6. The number of aliphatic carboxylic acids is 1. The summed E-state index contributed by atoms with van der Waals surface area (Å²) in [5.74, 6) is -0.827. The van der Waals surface area contributed by atoms with Gasteiger partial charge in [-0.3, -0.25) is 10.1 Å². The van der Waals surface area contributed by atoms with Crippen molar-refractivity contribution in [3.05, 3.63) is 0 Å². The second kappa shape index (κ2) is 4.75. The molecule has 1 aliphatic rings. The summed E-state index contributed by atoms with van der Waals surface area (Å²) < 4.78 is 4.88. The summed E-state index contributed by atoms with van der Waals surface area (Å²) >= 11 is 0. The second-order valence-corrected chi connectivity index (χ2v) is 3.98. The predicted octanol–water partition coefficient (Wildman–Crippen LogP) is 1.01. The molecule has 1 rings (SSSR count). The van der Waals surface area contributed by atoms with Crippen molar-refractivity contribution in [2.45, 2.75) is 44.2 Å². The van der Waals surface area contributed by atoms with Gasteiger partial charge in [-0.2, -0.15) is 0 Å². The van der Waals surface area contributed by atoms with Crippen molar-refractivity contribution in [3.8, 4) is 0 Å². The molecule has 0 amide bonds. The standard InChI is InChI=1S/C10H19NO3/c1-3-10(5-4-6-10)11-8(7-14-2)9(12)13/h8,11H,3-7H2,1-2H3,(H,12,13). The van der Waals surface area contributed by atoms with Gasteiger partial charge in [0.15, 0.2) is 0 Å². The molecule has 4 nitrogen and oxygen atoms in total. The number of nitrogens with one attached hydrogen (secondary N) is 1. The van der Waals surface area contributed by atoms with Crippen LogP contribution in [0.15, 0.2) is 0 Å². The van der Waals surface area contributed by atoms with Crippen LogP contribution < -0.4 is 5.32 Å². The monoisotopic (exact) mass is 201 g/mol. The fraction of sp³-hybridized carbons (Fsp3) is 0.900. The number of methoxy groups -OCH3 is 1. The van der Waals surface area contributed by atoms with Gasteiger partial charge in [-0.15, -0.1) is 0 Å². The third kappa shape index (κ3) is 2.45. The number of ether oxygens (including phenoxy) is 1. The van der Waals surface area contributed by atoms with Crippen molar-refractivity contribution in [2.24, 2.45) is 0 Å². The van der Waals surface area contributed by atoms with Gasteiger partial charge in [0.1, 0.15) is 6.04 Å². The summed E-state index contributed by atoms with van der Waals surface area (Å²) in [5, 5.41) is 12.1. The average Bonchev–Trinajstić information content (AvgIpc) is 2.09. The number of carbonyl (C=O) groups is 1. The summed E-state index contributed by atoms with van der Waals surface area (Å²) in [5.41, 5.74) is 0.0571. The molecular formula is C10H19NO3. The molecule has 0 aromatic heterocycles. The highest BCUT2D eigenvalue weighted by Gasteiger charge is 2.38. The molecule has 1 unspecified atom stereocenters. The molecule has 1 saturated carbocycles. The maximum absolute atomic E-state index is 10.9. The second-order valence-electron chi connectivity index (χ2n) is 3.98. The molecule has 0 bridgehead atoms. The minimum atomic E-state index is -0.827. The topological polar surface area (TPSA) is 58.6 Å². The van der Waals surface area contributed by atoms with Crippen LogP contribution >= 0.6 is 0 Å². The fourth-order valence-corrected chi connectivity index (χ4v) is 1.91. The first-order chi connectivity index (χ1) is 6.63. The zero-order valence-electron chi connectivity index (χ0n) is 8.88. The molecule has 0 aromatic carbocycles. The SMILES string of the molecule is CCC1(NC(COC)C(=O)O)CCC1. The molecular weight excluding hydrogens is 182 g/mol. The Kier molecular flexibility index (Phi) is 3.89.